The summed E-state index contributed by atoms with van der Waals surface area (Å²) in [6.07, 6.45) is 10.8. The molecule has 1 unspecified atom stereocenters. The number of hydrogen-bond donors (Lipinski definition) is 2. The van der Waals surface area contributed by atoms with E-state index in [1.54, 1.807) is 0 Å². The van der Waals surface area contributed by atoms with E-state index in [2.05, 4.69) is 19.2 Å². The van der Waals surface area contributed by atoms with Crippen LogP contribution in [-0.4, -0.2) is 23.8 Å². The number of aliphatic hydroxyl groups is 1. The molecule has 0 spiro atoms. The first-order valence-corrected chi connectivity index (χ1v) is 7.55. The number of rotatable bonds is 12. The van der Waals surface area contributed by atoms with E-state index in [4.69, 9.17) is 0 Å². The van der Waals surface area contributed by atoms with Crippen molar-refractivity contribution < 1.29 is 5.11 Å². The van der Waals surface area contributed by atoms with Crippen LogP contribution in [0.5, 0.6) is 0 Å². The lowest BCUT2D eigenvalue weighted by Gasteiger charge is -2.23. The van der Waals surface area contributed by atoms with E-state index in [1.165, 1.54) is 44.9 Å². The molecule has 0 heterocycles. The predicted molar refractivity (Wildman–Crippen MR) is 76.4 cm³/mol. The van der Waals surface area contributed by atoms with Gasteiger partial charge in [-0.2, -0.15) is 0 Å². The molecule has 0 radical (unpaired) electrons. The van der Waals surface area contributed by atoms with Crippen LogP contribution in [0.25, 0.3) is 0 Å². The number of nitrogens with one attached hydrogen (secondary N) is 1. The zero-order valence-corrected chi connectivity index (χ0v) is 12.2. The van der Waals surface area contributed by atoms with Crippen molar-refractivity contribution in [3.8, 4) is 0 Å². The Balaban J connectivity index is 3.37. The van der Waals surface area contributed by atoms with Crippen LogP contribution in [0.15, 0.2) is 0 Å². The van der Waals surface area contributed by atoms with E-state index in [0.29, 0.717) is 0 Å². The van der Waals surface area contributed by atoms with Gasteiger partial charge in [0.1, 0.15) is 0 Å². The van der Waals surface area contributed by atoms with Crippen molar-refractivity contribution in [1.29, 1.82) is 0 Å². The third-order valence-electron chi connectivity index (χ3n) is 3.34. The van der Waals surface area contributed by atoms with Gasteiger partial charge in [0.25, 0.3) is 0 Å². The second kappa shape index (κ2) is 11.0. The van der Waals surface area contributed by atoms with Crippen LogP contribution < -0.4 is 5.32 Å². The summed E-state index contributed by atoms with van der Waals surface area (Å²) in [6.45, 7) is 8.39. The summed E-state index contributed by atoms with van der Waals surface area (Å²) in [6, 6.07) is 0. The van der Waals surface area contributed by atoms with Crippen LogP contribution in [0, 0.1) is 0 Å². The maximum atomic E-state index is 10.2. The molecule has 0 aliphatic rings. The summed E-state index contributed by atoms with van der Waals surface area (Å²) in [5.41, 5.74) is -0.467. The van der Waals surface area contributed by atoms with Crippen LogP contribution in [0.4, 0.5) is 0 Å². The molecule has 17 heavy (non-hydrogen) atoms. The molecule has 0 aliphatic carbocycles. The molecule has 0 amide bonds. The molecule has 0 aromatic heterocycles. The van der Waals surface area contributed by atoms with Crippen LogP contribution >= 0.6 is 0 Å². The van der Waals surface area contributed by atoms with Gasteiger partial charge in [0.05, 0.1) is 5.60 Å². The van der Waals surface area contributed by atoms with Crippen molar-refractivity contribution in [3.63, 3.8) is 0 Å². The lowest BCUT2D eigenvalue weighted by molar-refractivity contribution is 0.0396. The molecular formula is C15H33NO. The third kappa shape index (κ3) is 12.2. The molecule has 0 saturated carbocycles. The van der Waals surface area contributed by atoms with E-state index < -0.39 is 5.60 Å². The standard InChI is InChI=1S/C15H33NO/c1-4-6-7-8-9-10-11-15(3,17)12-14-16-13-5-2/h16-17H,4-14H2,1-3H3. The van der Waals surface area contributed by atoms with Gasteiger partial charge in [-0.25, -0.2) is 0 Å². The average molecular weight is 243 g/mol. The Hall–Kier alpha value is -0.0800. The molecule has 0 saturated heterocycles. The monoisotopic (exact) mass is 243 g/mol. The highest BCUT2D eigenvalue weighted by Crippen LogP contribution is 2.18. The molecule has 2 heteroatoms. The lowest BCUT2D eigenvalue weighted by Crippen LogP contribution is -2.30. The van der Waals surface area contributed by atoms with E-state index in [-0.39, 0.29) is 0 Å². The van der Waals surface area contributed by atoms with Crippen molar-refractivity contribution in [2.75, 3.05) is 13.1 Å². The summed E-state index contributed by atoms with van der Waals surface area (Å²) >= 11 is 0. The summed E-state index contributed by atoms with van der Waals surface area (Å²) in [5.74, 6) is 0. The smallest absolute Gasteiger partial charge is 0.0631 e. The van der Waals surface area contributed by atoms with Crippen molar-refractivity contribution in [2.45, 2.75) is 84.2 Å². The molecule has 0 rings (SSSR count). The minimum absolute atomic E-state index is 0.467. The van der Waals surface area contributed by atoms with E-state index in [9.17, 15) is 5.11 Å². The fourth-order valence-electron chi connectivity index (χ4n) is 2.07. The highest BCUT2D eigenvalue weighted by atomic mass is 16.3. The Morgan fingerprint density at radius 2 is 1.47 bits per heavy atom. The SMILES string of the molecule is CCCCCCCCC(C)(O)CCNCCC. The highest BCUT2D eigenvalue weighted by Gasteiger charge is 2.18. The van der Waals surface area contributed by atoms with E-state index in [1.807, 2.05) is 6.92 Å². The van der Waals surface area contributed by atoms with Crippen LogP contribution in [0.2, 0.25) is 0 Å². The van der Waals surface area contributed by atoms with Gasteiger partial charge in [-0.15, -0.1) is 0 Å². The summed E-state index contributed by atoms with van der Waals surface area (Å²) in [4.78, 5) is 0. The maximum Gasteiger partial charge on any atom is 0.0631 e. The number of hydrogen-bond acceptors (Lipinski definition) is 2. The van der Waals surface area contributed by atoms with Gasteiger partial charge in [-0.1, -0.05) is 52.4 Å². The van der Waals surface area contributed by atoms with Gasteiger partial charge in [0.2, 0.25) is 0 Å². The van der Waals surface area contributed by atoms with Gasteiger partial charge in [0.15, 0.2) is 0 Å². The lowest BCUT2D eigenvalue weighted by atomic mass is 9.94. The molecule has 1 atom stereocenters. The van der Waals surface area contributed by atoms with E-state index >= 15 is 0 Å². The highest BCUT2D eigenvalue weighted by molar-refractivity contribution is 4.73. The predicted octanol–water partition coefficient (Wildman–Crippen LogP) is 3.88. The zero-order valence-electron chi connectivity index (χ0n) is 12.2. The summed E-state index contributed by atoms with van der Waals surface area (Å²) in [7, 11) is 0. The molecule has 0 bridgehead atoms. The van der Waals surface area contributed by atoms with Gasteiger partial charge < -0.3 is 10.4 Å². The Labute approximate surface area is 108 Å². The number of unbranched alkanes of at least 4 members (excludes halogenated alkanes) is 5. The zero-order chi connectivity index (χ0) is 13.0. The van der Waals surface area contributed by atoms with Gasteiger partial charge >= 0.3 is 0 Å². The quantitative estimate of drug-likeness (QED) is 0.510. The Morgan fingerprint density at radius 1 is 0.824 bits per heavy atom. The fraction of sp³-hybridized carbons (Fsp3) is 1.00. The van der Waals surface area contributed by atoms with Crippen LogP contribution in [-0.2, 0) is 0 Å². The normalized spacial score (nSPS) is 14.8. The average Bonchev–Trinajstić information content (AvgIpc) is 2.29. The first-order valence-electron chi connectivity index (χ1n) is 7.55. The van der Waals surface area contributed by atoms with Crippen molar-refractivity contribution >= 4 is 0 Å². The Kier molecular flexibility index (Phi) is 11.0. The first kappa shape index (κ1) is 16.9. The molecule has 2 nitrogen and oxygen atoms in total. The molecule has 0 aliphatic heterocycles. The fourth-order valence-corrected chi connectivity index (χ4v) is 2.07. The minimum Gasteiger partial charge on any atom is -0.390 e. The molecule has 0 aromatic carbocycles. The third-order valence-corrected chi connectivity index (χ3v) is 3.34. The summed E-state index contributed by atoms with van der Waals surface area (Å²) in [5, 5.41) is 13.5. The minimum atomic E-state index is -0.467. The topological polar surface area (TPSA) is 32.3 Å². The second-order valence-electron chi connectivity index (χ2n) is 5.51. The molecule has 0 aromatic rings. The Morgan fingerprint density at radius 3 is 2.12 bits per heavy atom. The van der Waals surface area contributed by atoms with Crippen LogP contribution in [0.1, 0.15) is 78.6 Å². The summed E-state index contributed by atoms with van der Waals surface area (Å²) < 4.78 is 0. The van der Waals surface area contributed by atoms with Crippen molar-refractivity contribution in [3.05, 3.63) is 0 Å². The van der Waals surface area contributed by atoms with Crippen LogP contribution in [0.3, 0.4) is 0 Å². The van der Waals surface area contributed by atoms with Gasteiger partial charge in [-0.05, 0) is 39.3 Å². The molecule has 104 valence electrons. The Bertz CT molecular complexity index is 157. The molecular weight excluding hydrogens is 210 g/mol. The molecule has 0 fully saturated rings. The van der Waals surface area contributed by atoms with Gasteiger partial charge in [0, 0.05) is 0 Å². The maximum absolute atomic E-state index is 10.2. The van der Waals surface area contributed by atoms with Crippen molar-refractivity contribution in [1.82, 2.24) is 5.32 Å². The van der Waals surface area contributed by atoms with E-state index in [0.717, 1.165) is 25.9 Å². The molecule has 2 N–H and O–H groups in total. The van der Waals surface area contributed by atoms with Gasteiger partial charge in [-0.3, -0.25) is 0 Å². The first-order chi connectivity index (χ1) is 8.12. The largest absolute Gasteiger partial charge is 0.390 e. The van der Waals surface area contributed by atoms with Crippen molar-refractivity contribution in [2.24, 2.45) is 0 Å². The second-order valence-corrected chi connectivity index (χ2v) is 5.51.